The fourth-order valence-electron chi connectivity index (χ4n) is 2.76. The summed E-state index contributed by atoms with van der Waals surface area (Å²) in [6.45, 7) is 9.86. The maximum atomic E-state index is 12.5. The highest BCUT2D eigenvalue weighted by atomic mass is 16.8. The summed E-state index contributed by atoms with van der Waals surface area (Å²) in [6, 6.07) is 0. The topological polar surface area (TPSA) is 133 Å². The number of hydrogen-bond acceptors (Lipinski definition) is 11. The van der Waals surface area contributed by atoms with Crippen LogP contribution < -0.4 is 0 Å². The van der Waals surface area contributed by atoms with Gasteiger partial charge in [-0.25, -0.2) is 19.2 Å². The highest BCUT2D eigenvalue weighted by Crippen LogP contribution is 2.37. The van der Waals surface area contributed by atoms with Crippen molar-refractivity contribution in [3.8, 4) is 0 Å². The summed E-state index contributed by atoms with van der Waals surface area (Å²) < 4.78 is 34.7. The Morgan fingerprint density at radius 3 is 1.81 bits per heavy atom. The first-order chi connectivity index (χ1) is 14.8. The van der Waals surface area contributed by atoms with Gasteiger partial charge in [-0.2, -0.15) is 0 Å². The van der Waals surface area contributed by atoms with Gasteiger partial charge >= 0.3 is 24.4 Å². The fourth-order valence-corrected chi connectivity index (χ4v) is 2.76. The number of esters is 1. The van der Waals surface area contributed by atoms with Gasteiger partial charge in [-0.15, -0.1) is 0 Å². The monoisotopic (exact) mass is 442 g/mol. The first kappa shape index (κ1) is 25.5. The second-order valence-corrected chi connectivity index (χ2v) is 6.19. The molecular formula is C20H26O11. The van der Waals surface area contributed by atoms with E-state index in [-0.39, 0.29) is 39.1 Å². The lowest BCUT2D eigenvalue weighted by Crippen LogP contribution is -2.54. The summed E-state index contributed by atoms with van der Waals surface area (Å²) in [5, 5.41) is 0. The molecule has 1 rings (SSSR count). The van der Waals surface area contributed by atoms with Crippen LogP contribution in [-0.4, -0.2) is 69.2 Å². The zero-order chi connectivity index (χ0) is 23.3. The van der Waals surface area contributed by atoms with Gasteiger partial charge in [-0.3, -0.25) is 0 Å². The van der Waals surface area contributed by atoms with Crippen LogP contribution in [0, 0.1) is 0 Å². The number of carbonyl (C=O) groups is 4. The zero-order valence-corrected chi connectivity index (χ0v) is 17.2. The minimum atomic E-state index is -1.85. The van der Waals surface area contributed by atoms with Crippen LogP contribution >= 0.6 is 0 Å². The van der Waals surface area contributed by atoms with Crippen LogP contribution in [0.15, 0.2) is 38.0 Å². The largest absolute Gasteiger partial charge is 0.509 e. The number of carbonyl (C=O) groups excluding carboxylic acids is 4. The van der Waals surface area contributed by atoms with E-state index in [2.05, 4.69) is 19.7 Å². The molecule has 0 spiro atoms. The van der Waals surface area contributed by atoms with Crippen LogP contribution in [0.1, 0.15) is 19.3 Å². The molecule has 0 aliphatic heterocycles. The summed E-state index contributed by atoms with van der Waals surface area (Å²) in [4.78, 5) is 48.2. The Labute approximate surface area is 179 Å². The van der Waals surface area contributed by atoms with Crippen LogP contribution in [0.4, 0.5) is 14.4 Å². The number of methoxy groups -OCH3 is 1. The Bertz CT molecular complexity index is 687. The predicted octanol–water partition coefficient (Wildman–Crippen LogP) is 2.84. The van der Waals surface area contributed by atoms with Crippen molar-refractivity contribution in [2.75, 3.05) is 26.9 Å². The molecule has 0 aromatic heterocycles. The molecule has 1 aliphatic rings. The standard InChI is InChI=1S/C20H26O11/c1-5-10-26-17(22)29-14-8-9-20(16(21)25-4,31-19(24)28-12-7-3)13-15(14)30-18(23)27-11-6-2/h5-7,14-15H,1-3,8-13H2,4H3. The van der Waals surface area contributed by atoms with Gasteiger partial charge in [0.25, 0.3) is 0 Å². The average molecular weight is 442 g/mol. The van der Waals surface area contributed by atoms with E-state index in [0.29, 0.717) is 0 Å². The third-order valence-electron chi connectivity index (χ3n) is 4.07. The summed E-state index contributed by atoms with van der Waals surface area (Å²) in [7, 11) is 1.10. The van der Waals surface area contributed by atoms with Crippen LogP contribution in [0.3, 0.4) is 0 Å². The van der Waals surface area contributed by atoms with Crippen molar-refractivity contribution >= 4 is 24.4 Å². The quantitative estimate of drug-likeness (QED) is 0.281. The van der Waals surface area contributed by atoms with E-state index in [9.17, 15) is 19.2 Å². The first-order valence-corrected chi connectivity index (χ1v) is 9.25. The van der Waals surface area contributed by atoms with Gasteiger partial charge in [0.2, 0.25) is 5.60 Å². The minimum Gasteiger partial charge on any atom is -0.466 e. The highest BCUT2D eigenvalue weighted by molar-refractivity contribution is 5.82. The number of hydrogen-bond donors (Lipinski definition) is 0. The van der Waals surface area contributed by atoms with Crippen LogP contribution in [0.25, 0.3) is 0 Å². The molecule has 0 N–H and O–H groups in total. The van der Waals surface area contributed by atoms with E-state index in [4.69, 9.17) is 33.2 Å². The Hall–Kier alpha value is -3.50. The summed E-state index contributed by atoms with van der Waals surface area (Å²) in [5.41, 5.74) is -1.85. The van der Waals surface area contributed by atoms with Gasteiger partial charge in [0.15, 0.2) is 0 Å². The molecule has 0 amide bonds. The van der Waals surface area contributed by atoms with Gasteiger partial charge in [0.05, 0.1) is 7.11 Å². The van der Waals surface area contributed by atoms with E-state index >= 15 is 0 Å². The maximum absolute atomic E-state index is 12.5. The molecule has 11 nitrogen and oxygen atoms in total. The molecule has 172 valence electrons. The second-order valence-electron chi connectivity index (χ2n) is 6.19. The van der Waals surface area contributed by atoms with Crippen molar-refractivity contribution in [3.05, 3.63) is 38.0 Å². The molecule has 0 aromatic rings. The van der Waals surface area contributed by atoms with Crippen molar-refractivity contribution in [2.45, 2.75) is 37.1 Å². The third-order valence-corrected chi connectivity index (χ3v) is 4.07. The van der Waals surface area contributed by atoms with Crippen LogP contribution in [-0.2, 0) is 38.0 Å². The molecule has 1 fully saturated rings. The second kappa shape index (κ2) is 12.9. The van der Waals surface area contributed by atoms with Crippen molar-refractivity contribution in [3.63, 3.8) is 0 Å². The molecular weight excluding hydrogens is 416 g/mol. The molecule has 0 radical (unpaired) electrons. The van der Waals surface area contributed by atoms with Crippen molar-refractivity contribution in [1.82, 2.24) is 0 Å². The van der Waals surface area contributed by atoms with Crippen LogP contribution in [0.2, 0.25) is 0 Å². The Morgan fingerprint density at radius 1 is 0.839 bits per heavy atom. The van der Waals surface area contributed by atoms with E-state index in [0.717, 1.165) is 7.11 Å². The molecule has 11 heteroatoms. The van der Waals surface area contributed by atoms with E-state index < -0.39 is 42.2 Å². The Balaban J connectivity index is 3.06. The lowest BCUT2D eigenvalue weighted by atomic mass is 9.81. The SMILES string of the molecule is C=CCOC(=O)OC1CCC(OC(=O)OCC=C)(C(=O)OC)CC1OC(=O)OCC=C. The molecule has 3 atom stereocenters. The molecule has 1 saturated carbocycles. The van der Waals surface area contributed by atoms with Gasteiger partial charge in [-0.1, -0.05) is 38.0 Å². The number of rotatable bonds is 10. The van der Waals surface area contributed by atoms with Gasteiger partial charge in [0, 0.05) is 12.8 Å². The maximum Gasteiger partial charge on any atom is 0.509 e. The fraction of sp³-hybridized carbons (Fsp3) is 0.500. The van der Waals surface area contributed by atoms with Crippen molar-refractivity contribution in [1.29, 1.82) is 0 Å². The lowest BCUT2D eigenvalue weighted by Gasteiger charge is -2.40. The first-order valence-electron chi connectivity index (χ1n) is 9.25. The molecule has 1 aliphatic carbocycles. The predicted molar refractivity (Wildman–Crippen MR) is 104 cm³/mol. The van der Waals surface area contributed by atoms with Gasteiger partial charge < -0.3 is 33.2 Å². The summed E-state index contributed by atoms with van der Waals surface area (Å²) >= 11 is 0. The zero-order valence-electron chi connectivity index (χ0n) is 17.2. The molecule has 0 heterocycles. The lowest BCUT2D eigenvalue weighted by molar-refractivity contribution is -0.181. The summed E-state index contributed by atoms with van der Waals surface area (Å²) in [6.07, 6.45) is -2.08. The average Bonchev–Trinajstić information content (AvgIpc) is 2.75. The minimum absolute atomic E-state index is 0.0353. The van der Waals surface area contributed by atoms with E-state index in [1.807, 2.05) is 0 Å². The van der Waals surface area contributed by atoms with Crippen LogP contribution in [0.5, 0.6) is 0 Å². The van der Waals surface area contributed by atoms with E-state index in [1.54, 1.807) is 0 Å². The molecule has 0 bridgehead atoms. The van der Waals surface area contributed by atoms with Crippen molar-refractivity contribution in [2.24, 2.45) is 0 Å². The third kappa shape index (κ3) is 8.03. The van der Waals surface area contributed by atoms with Crippen molar-refractivity contribution < 1.29 is 52.3 Å². The molecule has 0 aromatic carbocycles. The number of ether oxygens (including phenoxy) is 7. The van der Waals surface area contributed by atoms with E-state index in [1.165, 1.54) is 18.2 Å². The van der Waals surface area contributed by atoms with Gasteiger partial charge in [-0.05, 0) is 6.42 Å². The Morgan fingerprint density at radius 2 is 1.32 bits per heavy atom. The molecule has 0 saturated heterocycles. The smallest absolute Gasteiger partial charge is 0.466 e. The highest BCUT2D eigenvalue weighted by Gasteiger charge is 2.53. The molecule has 3 unspecified atom stereocenters. The molecule has 31 heavy (non-hydrogen) atoms. The van der Waals surface area contributed by atoms with Gasteiger partial charge in [0.1, 0.15) is 32.0 Å². The summed E-state index contributed by atoms with van der Waals surface area (Å²) in [5.74, 6) is -0.899. The Kier molecular flexibility index (Phi) is 10.7. The normalized spacial score (nSPS) is 22.1.